The second-order valence-electron chi connectivity index (χ2n) is 4.23. The van der Waals surface area contributed by atoms with Crippen LogP contribution in [0, 0.1) is 5.92 Å². The van der Waals surface area contributed by atoms with Crippen LogP contribution in [0.15, 0.2) is 18.2 Å². The molecule has 4 N–H and O–H groups in total. The predicted molar refractivity (Wildman–Crippen MR) is 73.0 cm³/mol. The molecule has 0 fully saturated rings. The van der Waals surface area contributed by atoms with E-state index in [1.165, 1.54) is 6.42 Å². The van der Waals surface area contributed by atoms with E-state index in [9.17, 15) is 0 Å². The maximum absolute atomic E-state index is 5.98. The fourth-order valence-electron chi connectivity index (χ4n) is 1.47. The van der Waals surface area contributed by atoms with Crippen molar-refractivity contribution in [1.82, 2.24) is 0 Å². The molecule has 1 rings (SSSR count). The van der Waals surface area contributed by atoms with Gasteiger partial charge >= 0.3 is 0 Å². The molecule has 0 aromatic heterocycles. The van der Waals surface area contributed by atoms with Crippen LogP contribution in [0.25, 0.3) is 0 Å². The van der Waals surface area contributed by atoms with Gasteiger partial charge in [-0.25, -0.2) is 0 Å². The maximum atomic E-state index is 5.98. The number of nitrogens with two attached hydrogens (primary N) is 1. The van der Waals surface area contributed by atoms with Crippen LogP contribution < -0.4 is 16.4 Å². The van der Waals surface area contributed by atoms with Gasteiger partial charge in [0, 0.05) is 18.8 Å². The van der Waals surface area contributed by atoms with Crippen LogP contribution in [0.5, 0.6) is 0 Å². The Morgan fingerprint density at radius 2 is 2.00 bits per heavy atom. The van der Waals surface area contributed by atoms with Crippen LogP contribution in [0.3, 0.4) is 0 Å². The molecule has 1 aromatic rings. The van der Waals surface area contributed by atoms with Crippen LogP contribution in [0.4, 0.5) is 17.1 Å². The lowest BCUT2D eigenvalue weighted by Gasteiger charge is -2.14. The minimum Gasteiger partial charge on any atom is -0.397 e. The fraction of sp³-hybridized carbons (Fsp3) is 0.538. The van der Waals surface area contributed by atoms with E-state index >= 15 is 0 Å². The number of nitrogens with one attached hydrogen (secondary N) is 2. The van der Waals surface area contributed by atoms with Crippen molar-refractivity contribution in [1.29, 1.82) is 0 Å². The summed E-state index contributed by atoms with van der Waals surface area (Å²) in [7, 11) is 0. The molecule has 0 saturated carbocycles. The van der Waals surface area contributed by atoms with E-state index in [1.54, 1.807) is 0 Å². The molecule has 3 nitrogen and oxygen atoms in total. The number of nitrogen functional groups attached to an aromatic ring is 1. The van der Waals surface area contributed by atoms with Crippen molar-refractivity contribution < 1.29 is 0 Å². The molecule has 0 saturated heterocycles. The van der Waals surface area contributed by atoms with Crippen molar-refractivity contribution in [3.63, 3.8) is 0 Å². The summed E-state index contributed by atoms with van der Waals surface area (Å²) in [5.74, 6) is 0.674. The highest BCUT2D eigenvalue weighted by atomic mass is 14.9. The van der Waals surface area contributed by atoms with Gasteiger partial charge in [-0.05, 0) is 31.0 Å². The third kappa shape index (κ3) is 3.65. The summed E-state index contributed by atoms with van der Waals surface area (Å²) in [6.07, 6.45) is 1.18. The summed E-state index contributed by atoms with van der Waals surface area (Å²) >= 11 is 0. The van der Waals surface area contributed by atoms with Gasteiger partial charge in [0.2, 0.25) is 0 Å². The third-order valence-electron chi connectivity index (χ3n) is 2.77. The summed E-state index contributed by atoms with van der Waals surface area (Å²) in [5, 5.41) is 6.62. The molecule has 90 valence electrons. The number of rotatable bonds is 6. The highest BCUT2D eigenvalue weighted by Gasteiger charge is 2.02. The van der Waals surface area contributed by atoms with Gasteiger partial charge in [-0.1, -0.05) is 20.3 Å². The minimum absolute atomic E-state index is 0.674. The Morgan fingerprint density at radius 3 is 2.56 bits per heavy atom. The zero-order chi connectivity index (χ0) is 12.0. The number of anilines is 3. The molecule has 0 spiro atoms. The molecule has 0 radical (unpaired) electrons. The van der Waals surface area contributed by atoms with Crippen LogP contribution in [-0.2, 0) is 0 Å². The van der Waals surface area contributed by atoms with E-state index in [4.69, 9.17) is 5.73 Å². The highest BCUT2D eigenvalue weighted by Crippen LogP contribution is 2.23. The standard InChI is InChI=1S/C13H23N3/c1-4-10(3)9-16-13-7-6-11(15-5-2)8-12(13)14/h6-8,10,15-16H,4-5,9,14H2,1-3H3. The molecular formula is C13H23N3. The van der Waals surface area contributed by atoms with Crippen molar-refractivity contribution in [2.24, 2.45) is 5.92 Å². The van der Waals surface area contributed by atoms with Gasteiger partial charge in [0.15, 0.2) is 0 Å². The topological polar surface area (TPSA) is 50.1 Å². The Hall–Kier alpha value is -1.38. The lowest BCUT2D eigenvalue weighted by atomic mass is 10.1. The summed E-state index contributed by atoms with van der Waals surface area (Å²) in [5.41, 5.74) is 8.89. The van der Waals surface area contributed by atoms with Crippen LogP contribution in [0.1, 0.15) is 27.2 Å². The van der Waals surface area contributed by atoms with Gasteiger partial charge < -0.3 is 16.4 Å². The van der Waals surface area contributed by atoms with Crippen LogP contribution >= 0.6 is 0 Å². The van der Waals surface area contributed by atoms with Gasteiger partial charge in [0.1, 0.15) is 0 Å². The zero-order valence-electron chi connectivity index (χ0n) is 10.5. The summed E-state index contributed by atoms with van der Waals surface area (Å²) < 4.78 is 0. The predicted octanol–water partition coefficient (Wildman–Crippen LogP) is 3.16. The molecule has 3 heteroatoms. The summed E-state index contributed by atoms with van der Waals surface area (Å²) in [4.78, 5) is 0. The van der Waals surface area contributed by atoms with E-state index in [0.717, 1.165) is 30.2 Å². The first-order chi connectivity index (χ1) is 7.67. The summed E-state index contributed by atoms with van der Waals surface area (Å²) in [6.45, 7) is 8.39. The second-order valence-corrected chi connectivity index (χ2v) is 4.23. The van der Waals surface area contributed by atoms with E-state index in [1.807, 2.05) is 12.1 Å². The molecule has 0 bridgehead atoms. The average molecular weight is 221 g/mol. The lowest BCUT2D eigenvalue weighted by Crippen LogP contribution is -2.11. The second kappa shape index (κ2) is 6.26. The van der Waals surface area contributed by atoms with Crippen molar-refractivity contribution in [3.8, 4) is 0 Å². The van der Waals surface area contributed by atoms with Gasteiger partial charge in [0.25, 0.3) is 0 Å². The molecule has 0 aliphatic heterocycles. The molecule has 0 aliphatic rings. The molecule has 0 amide bonds. The van der Waals surface area contributed by atoms with Crippen molar-refractivity contribution in [3.05, 3.63) is 18.2 Å². The molecule has 16 heavy (non-hydrogen) atoms. The molecule has 0 aliphatic carbocycles. The minimum atomic E-state index is 0.674. The molecule has 1 unspecified atom stereocenters. The number of benzene rings is 1. The van der Waals surface area contributed by atoms with E-state index < -0.39 is 0 Å². The third-order valence-corrected chi connectivity index (χ3v) is 2.77. The average Bonchev–Trinajstić information content (AvgIpc) is 2.28. The van der Waals surface area contributed by atoms with Crippen LogP contribution in [0.2, 0.25) is 0 Å². The van der Waals surface area contributed by atoms with Gasteiger partial charge in [0.05, 0.1) is 11.4 Å². The van der Waals surface area contributed by atoms with Gasteiger partial charge in [-0.3, -0.25) is 0 Å². The molecule has 0 heterocycles. The Kier molecular flexibility index (Phi) is 4.96. The quantitative estimate of drug-likeness (QED) is 0.647. The van der Waals surface area contributed by atoms with Crippen LogP contribution in [-0.4, -0.2) is 13.1 Å². The van der Waals surface area contributed by atoms with Gasteiger partial charge in [-0.15, -0.1) is 0 Å². The fourth-order valence-corrected chi connectivity index (χ4v) is 1.47. The largest absolute Gasteiger partial charge is 0.397 e. The molecule has 1 atom stereocenters. The lowest BCUT2D eigenvalue weighted by molar-refractivity contribution is 0.593. The smallest absolute Gasteiger partial charge is 0.0575 e. The highest BCUT2D eigenvalue weighted by molar-refractivity contribution is 5.71. The van der Waals surface area contributed by atoms with Crippen molar-refractivity contribution in [2.75, 3.05) is 29.5 Å². The maximum Gasteiger partial charge on any atom is 0.0575 e. The zero-order valence-corrected chi connectivity index (χ0v) is 10.5. The van der Waals surface area contributed by atoms with Gasteiger partial charge in [-0.2, -0.15) is 0 Å². The van der Waals surface area contributed by atoms with E-state index in [2.05, 4.69) is 37.5 Å². The molecular weight excluding hydrogens is 198 g/mol. The van der Waals surface area contributed by atoms with Crippen molar-refractivity contribution >= 4 is 17.1 Å². The number of hydrogen-bond donors (Lipinski definition) is 3. The van der Waals surface area contributed by atoms with E-state index in [0.29, 0.717) is 5.92 Å². The normalized spacial score (nSPS) is 12.2. The Morgan fingerprint density at radius 1 is 1.25 bits per heavy atom. The SMILES string of the molecule is CCNc1ccc(NCC(C)CC)c(N)c1. The number of hydrogen-bond acceptors (Lipinski definition) is 3. The first-order valence-corrected chi connectivity index (χ1v) is 6.04. The van der Waals surface area contributed by atoms with E-state index in [-0.39, 0.29) is 0 Å². The Bertz CT molecular complexity index is 323. The Balaban J connectivity index is 2.60. The Labute approximate surface area is 98.4 Å². The van der Waals surface area contributed by atoms with Crippen molar-refractivity contribution in [2.45, 2.75) is 27.2 Å². The monoisotopic (exact) mass is 221 g/mol. The molecule has 1 aromatic carbocycles. The first-order valence-electron chi connectivity index (χ1n) is 6.04. The summed E-state index contributed by atoms with van der Waals surface area (Å²) in [6, 6.07) is 6.07. The first kappa shape index (κ1) is 12.7.